The number of piperidine rings is 1. The maximum atomic E-state index is 12.5. The van der Waals surface area contributed by atoms with Crippen LogP contribution in [-0.4, -0.2) is 52.9 Å². The van der Waals surface area contributed by atoms with Gasteiger partial charge in [-0.05, 0) is 46.2 Å². The maximum absolute atomic E-state index is 12.5. The second kappa shape index (κ2) is 7.08. The van der Waals surface area contributed by atoms with Crippen LogP contribution in [0.25, 0.3) is 10.2 Å². The number of carbonyl (C=O) groups excluding carboxylic acids is 1. The van der Waals surface area contributed by atoms with Crippen molar-refractivity contribution >= 4 is 32.8 Å². The lowest BCUT2D eigenvalue weighted by Gasteiger charge is -2.41. The third-order valence-electron chi connectivity index (χ3n) is 5.22. The van der Waals surface area contributed by atoms with Crippen molar-refractivity contribution in [3.05, 3.63) is 17.7 Å². The molecule has 28 heavy (non-hydrogen) atoms. The molecule has 1 aromatic heterocycles. The van der Waals surface area contributed by atoms with Crippen LogP contribution in [0.4, 0.5) is 9.93 Å². The number of thiazole rings is 1. The lowest BCUT2D eigenvalue weighted by Crippen LogP contribution is -2.59. The molecule has 3 N–H and O–H groups in total. The van der Waals surface area contributed by atoms with Crippen molar-refractivity contribution in [1.29, 1.82) is 0 Å². The summed E-state index contributed by atoms with van der Waals surface area (Å²) in [7, 11) is 0. The molecule has 1 saturated heterocycles. The van der Waals surface area contributed by atoms with E-state index in [0.29, 0.717) is 6.54 Å². The Morgan fingerprint density at radius 2 is 2.21 bits per heavy atom. The van der Waals surface area contributed by atoms with Crippen LogP contribution in [0.1, 0.15) is 39.7 Å². The number of carbonyl (C=O) groups is 1. The second-order valence-corrected chi connectivity index (χ2v) is 9.67. The number of nitrogens with zero attached hydrogens (tertiary/aromatic N) is 2. The second-order valence-electron chi connectivity index (χ2n) is 8.64. The van der Waals surface area contributed by atoms with E-state index < -0.39 is 5.60 Å². The summed E-state index contributed by atoms with van der Waals surface area (Å²) in [6, 6.07) is 4.00. The molecule has 0 bridgehead atoms. The van der Waals surface area contributed by atoms with Crippen LogP contribution in [-0.2, 0) is 11.2 Å². The lowest BCUT2D eigenvalue weighted by atomic mass is 9.95. The first-order valence-electron chi connectivity index (χ1n) is 9.78. The molecular weight excluding hydrogens is 376 g/mol. The molecule has 3 atom stereocenters. The van der Waals surface area contributed by atoms with Crippen molar-refractivity contribution in [1.82, 2.24) is 9.88 Å². The molecule has 0 spiro atoms. The average Bonchev–Trinajstić information content (AvgIpc) is 3.21. The van der Waals surface area contributed by atoms with Gasteiger partial charge in [-0.15, -0.1) is 0 Å². The van der Waals surface area contributed by atoms with Crippen molar-refractivity contribution < 1.29 is 14.3 Å². The van der Waals surface area contributed by atoms with Crippen molar-refractivity contribution in [2.24, 2.45) is 5.73 Å². The quantitative estimate of drug-likeness (QED) is 0.798. The number of rotatable bonds is 2. The van der Waals surface area contributed by atoms with E-state index in [9.17, 15) is 4.79 Å². The monoisotopic (exact) mass is 404 g/mol. The van der Waals surface area contributed by atoms with Crippen LogP contribution in [0.3, 0.4) is 0 Å². The van der Waals surface area contributed by atoms with Gasteiger partial charge in [0.2, 0.25) is 0 Å². The van der Waals surface area contributed by atoms with Gasteiger partial charge in [-0.3, -0.25) is 0 Å². The summed E-state index contributed by atoms with van der Waals surface area (Å²) in [6.45, 7) is 8.84. The summed E-state index contributed by atoms with van der Waals surface area (Å²) < 4.78 is 12.3. The molecule has 1 fully saturated rings. The fourth-order valence-corrected chi connectivity index (χ4v) is 4.79. The molecule has 1 amide bonds. The Bertz CT molecular complexity index is 891. The Kier molecular flexibility index (Phi) is 4.87. The maximum Gasteiger partial charge on any atom is 0.410 e. The zero-order valence-corrected chi connectivity index (χ0v) is 17.6. The van der Waals surface area contributed by atoms with Gasteiger partial charge in [0.1, 0.15) is 11.4 Å². The number of nitrogens with two attached hydrogens (primary N) is 1. The van der Waals surface area contributed by atoms with Gasteiger partial charge in [0.15, 0.2) is 5.13 Å². The van der Waals surface area contributed by atoms with Crippen molar-refractivity contribution in [3.63, 3.8) is 0 Å². The molecule has 0 radical (unpaired) electrons. The molecule has 4 rings (SSSR count). The van der Waals surface area contributed by atoms with Gasteiger partial charge in [0.05, 0.1) is 16.8 Å². The van der Waals surface area contributed by atoms with E-state index in [1.54, 1.807) is 16.2 Å². The molecule has 2 aromatic rings. The van der Waals surface area contributed by atoms with Crippen LogP contribution in [0.15, 0.2) is 12.1 Å². The lowest BCUT2D eigenvalue weighted by molar-refractivity contribution is 0.00892. The number of benzene rings is 1. The highest BCUT2D eigenvalue weighted by Gasteiger charge is 2.36. The Hall–Kier alpha value is -2.06. The van der Waals surface area contributed by atoms with E-state index >= 15 is 0 Å². The summed E-state index contributed by atoms with van der Waals surface area (Å²) in [5.74, 6) is 0.945. The third kappa shape index (κ3) is 3.75. The summed E-state index contributed by atoms with van der Waals surface area (Å²) in [6.07, 6.45) is 1.35. The minimum Gasteiger partial charge on any atom is -0.493 e. The number of likely N-dealkylation sites (tertiary alicyclic amines) is 1. The van der Waals surface area contributed by atoms with Gasteiger partial charge >= 0.3 is 6.09 Å². The van der Waals surface area contributed by atoms with Gasteiger partial charge < -0.3 is 25.4 Å². The van der Waals surface area contributed by atoms with E-state index in [2.05, 4.69) is 11.4 Å². The zero-order chi connectivity index (χ0) is 20.1. The Labute approximate surface area is 169 Å². The smallest absolute Gasteiger partial charge is 0.410 e. The van der Waals surface area contributed by atoms with E-state index in [4.69, 9.17) is 20.2 Å². The van der Waals surface area contributed by atoms with Crippen LogP contribution >= 0.6 is 11.3 Å². The largest absolute Gasteiger partial charge is 0.493 e. The van der Waals surface area contributed by atoms with E-state index in [1.165, 1.54) is 5.56 Å². The molecule has 0 unspecified atom stereocenters. The molecule has 2 aliphatic heterocycles. The normalized spacial score (nSPS) is 24.8. The highest BCUT2D eigenvalue weighted by molar-refractivity contribution is 7.22. The van der Waals surface area contributed by atoms with Crippen LogP contribution in [0.2, 0.25) is 0 Å². The summed E-state index contributed by atoms with van der Waals surface area (Å²) in [5, 5.41) is 4.38. The van der Waals surface area contributed by atoms with Gasteiger partial charge in [-0.1, -0.05) is 11.3 Å². The molecule has 2 aliphatic rings. The standard InChI is InChI=1S/C20H28N4O3S/c1-11-9-14(13(21)10-24(11)19(25)27-20(2,3)4)22-18-23-17-12-7-8-26-15(12)5-6-16(17)28-18/h5-6,11,13-14H,7-10,21H2,1-4H3,(H,22,23)/t11-,13-,14+/m0/s1. The first-order valence-corrected chi connectivity index (χ1v) is 10.6. The average molecular weight is 405 g/mol. The SMILES string of the molecule is C[C@H]1C[C@@H](Nc2nc3c4c(ccc3s2)OCC4)[C@@H](N)CN1C(=O)OC(C)(C)C. The number of fused-ring (bicyclic) bond motifs is 3. The number of aromatic nitrogens is 1. The number of hydrogen-bond donors (Lipinski definition) is 2. The predicted molar refractivity (Wildman–Crippen MR) is 111 cm³/mol. The number of hydrogen-bond acceptors (Lipinski definition) is 7. The summed E-state index contributed by atoms with van der Waals surface area (Å²) >= 11 is 1.64. The fraction of sp³-hybridized carbons (Fsp3) is 0.600. The van der Waals surface area contributed by atoms with Crippen LogP contribution < -0.4 is 15.8 Å². The molecule has 1 aromatic carbocycles. The molecule has 8 heteroatoms. The number of amides is 1. The van der Waals surface area contributed by atoms with Crippen LogP contribution in [0.5, 0.6) is 5.75 Å². The van der Waals surface area contributed by atoms with E-state index in [1.807, 2.05) is 33.8 Å². The molecule has 7 nitrogen and oxygen atoms in total. The number of nitrogens with one attached hydrogen (secondary N) is 1. The topological polar surface area (TPSA) is 89.7 Å². The minimum atomic E-state index is -0.513. The molecule has 3 heterocycles. The van der Waals surface area contributed by atoms with Crippen LogP contribution in [0, 0.1) is 0 Å². The summed E-state index contributed by atoms with van der Waals surface area (Å²) in [4.78, 5) is 19.0. The molecule has 152 valence electrons. The fourth-order valence-electron chi connectivity index (χ4n) is 3.83. The summed E-state index contributed by atoms with van der Waals surface area (Å²) in [5.41, 5.74) is 8.11. The molecule has 0 aliphatic carbocycles. The van der Waals surface area contributed by atoms with Crippen molar-refractivity contribution in [2.75, 3.05) is 18.5 Å². The van der Waals surface area contributed by atoms with Gasteiger partial charge in [-0.2, -0.15) is 0 Å². The van der Waals surface area contributed by atoms with Gasteiger partial charge in [0.25, 0.3) is 0 Å². The molecule has 0 saturated carbocycles. The highest BCUT2D eigenvalue weighted by atomic mass is 32.1. The zero-order valence-electron chi connectivity index (χ0n) is 16.8. The Morgan fingerprint density at radius 3 is 2.96 bits per heavy atom. The number of anilines is 1. The molecular formula is C20H28N4O3S. The predicted octanol–water partition coefficient (Wildman–Crippen LogP) is 3.37. The van der Waals surface area contributed by atoms with Gasteiger partial charge in [0, 0.05) is 36.7 Å². The van der Waals surface area contributed by atoms with Crippen molar-refractivity contribution in [2.45, 2.75) is 64.3 Å². The third-order valence-corrected chi connectivity index (χ3v) is 6.17. The van der Waals surface area contributed by atoms with E-state index in [-0.39, 0.29) is 24.2 Å². The minimum absolute atomic E-state index is 0.0409. The van der Waals surface area contributed by atoms with E-state index in [0.717, 1.165) is 40.5 Å². The number of ether oxygens (including phenoxy) is 2. The first-order chi connectivity index (χ1) is 13.2. The first kappa shape index (κ1) is 19.3. The Balaban J connectivity index is 1.46. The van der Waals surface area contributed by atoms with Gasteiger partial charge in [-0.25, -0.2) is 9.78 Å². The van der Waals surface area contributed by atoms with Crippen molar-refractivity contribution in [3.8, 4) is 5.75 Å². The highest BCUT2D eigenvalue weighted by Crippen LogP contribution is 2.37. The Morgan fingerprint density at radius 1 is 1.43 bits per heavy atom.